The number of unbranched alkanes of at least 4 members (excludes halogenated alkanes) is 4. The first-order chi connectivity index (χ1) is 23.3. The highest BCUT2D eigenvalue weighted by Crippen LogP contribution is 2.44. The molecule has 0 aliphatic heterocycles. The number of hydrogen-bond donors (Lipinski definition) is 4. The molecule has 0 radical (unpaired) electrons. The van der Waals surface area contributed by atoms with Crippen LogP contribution in [-0.2, 0) is 19.1 Å². The van der Waals surface area contributed by atoms with Crippen LogP contribution < -0.4 is 0 Å². The van der Waals surface area contributed by atoms with Gasteiger partial charge in [0.1, 0.15) is 35.2 Å². The van der Waals surface area contributed by atoms with E-state index in [2.05, 4.69) is 13.8 Å². The van der Waals surface area contributed by atoms with Gasteiger partial charge in [-0.05, 0) is 80.5 Å². The number of carbonyl (C=O) groups is 2. The Bertz CT molecular complexity index is 1250. The number of esters is 2. The van der Waals surface area contributed by atoms with Crippen molar-refractivity contribution >= 4 is 23.5 Å². The van der Waals surface area contributed by atoms with Crippen LogP contribution in [0.15, 0.2) is 30.3 Å². The monoisotopic (exact) mass is 704 g/mol. The Morgan fingerprint density at radius 2 is 1.00 bits per heavy atom. The number of benzene rings is 2. The highest BCUT2D eigenvalue weighted by Gasteiger charge is 2.28. The molecule has 0 saturated carbocycles. The van der Waals surface area contributed by atoms with Crippen molar-refractivity contribution in [3.05, 3.63) is 47.0 Å². The molecule has 9 heteroatoms. The van der Waals surface area contributed by atoms with Gasteiger partial charge < -0.3 is 29.9 Å². The average Bonchev–Trinajstić information content (AvgIpc) is 3.02. The minimum Gasteiger partial charge on any atom is -0.508 e. The van der Waals surface area contributed by atoms with E-state index < -0.39 is 24.1 Å². The van der Waals surface area contributed by atoms with E-state index in [1.54, 1.807) is 12.1 Å². The van der Waals surface area contributed by atoms with Crippen LogP contribution in [0, 0.1) is 11.8 Å². The smallest absolute Gasteiger partial charge is 0.303 e. The lowest BCUT2D eigenvalue weighted by atomic mass is 9.84. The summed E-state index contributed by atoms with van der Waals surface area (Å²) in [6, 6.07) is 7.52. The standard InChI is InChI=1S/C40H61ClO8/c1-7-9-17-30(18-13-11-15-26(3)39(48-28(5)42)31-21-34(44)25-35(45)22-31)38-36(46)23-32(24-37(38)47)40(49-29(6)43)27(4)16-12-14-20-33(41)19-10-8-2/h21-27,30,33,39-40,44-47H,7-20H2,1-6H3/t26-,27-,30-,33+,39+,40+/m0/s1. The van der Waals surface area contributed by atoms with Crippen LogP contribution in [0.4, 0.5) is 0 Å². The van der Waals surface area contributed by atoms with Gasteiger partial charge in [0.25, 0.3) is 0 Å². The number of phenols is 4. The molecule has 4 N–H and O–H groups in total. The molecule has 0 aliphatic rings. The Labute approximate surface area is 299 Å². The van der Waals surface area contributed by atoms with Gasteiger partial charge in [0.2, 0.25) is 0 Å². The number of rotatable bonds is 23. The van der Waals surface area contributed by atoms with Crippen LogP contribution in [0.1, 0.15) is 166 Å². The molecule has 8 nitrogen and oxygen atoms in total. The lowest BCUT2D eigenvalue weighted by Gasteiger charge is -2.27. The van der Waals surface area contributed by atoms with Gasteiger partial charge in [-0.2, -0.15) is 0 Å². The highest BCUT2D eigenvalue weighted by molar-refractivity contribution is 6.20. The van der Waals surface area contributed by atoms with E-state index in [-0.39, 0.29) is 46.1 Å². The molecule has 2 rings (SSSR count). The predicted molar refractivity (Wildman–Crippen MR) is 195 cm³/mol. The maximum absolute atomic E-state index is 12.1. The largest absolute Gasteiger partial charge is 0.508 e. The third-order valence-corrected chi connectivity index (χ3v) is 9.87. The zero-order valence-electron chi connectivity index (χ0n) is 30.6. The Kier molecular flexibility index (Phi) is 18.7. The fourth-order valence-corrected chi connectivity index (χ4v) is 7.15. The molecule has 0 amide bonds. The van der Waals surface area contributed by atoms with Crippen LogP contribution in [0.3, 0.4) is 0 Å². The molecule has 276 valence electrons. The van der Waals surface area contributed by atoms with Crippen molar-refractivity contribution in [1.82, 2.24) is 0 Å². The fourth-order valence-electron chi connectivity index (χ4n) is 6.84. The van der Waals surface area contributed by atoms with Crippen molar-refractivity contribution in [1.29, 1.82) is 0 Å². The molecule has 6 atom stereocenters. The summed E-state index contributed by atoms with van der Waals surface area (Å²) in [4.78, 5) is 24.0. The maximum Gasteiger partial charge on any atom is 0.303 e. The van der Waals surface area contributed by atoms with Gasteiger partial charge in [-0.1, -0.05) is 79.1 Å². The number of aromatic hydroxyl groups is 4. The molecule has 0 aromatic heterocycles. The van der Waals surface area contributed by atoms with E-state index in [9.17, 15) is 30.0 Å². The van der Waals surface area contributed by atoms with E-state index in [1.807, 2.05) is 13.8 Å². The number of phenolic OH excluding ortho intramolecular Hbond substituents is 4. The molecule has 0 saturated heterocycles. The molecule has 49 heavy (non-hydrogen) atoms. The summed E-state index contributed by atoms with van der Waals surface area (Å²) in [5.41, 5.74) is 1.63. The van der Waals surface area contributed by atoms with Crippen molar-refractivity contribution < 1.29 is 39.5 Å². The van der Waals surface area contributed by atoms with Crippen LogP contribution in [0.2, 0.25) is 0 Å². The molecule has 0 aliphatic carbocycles. The minimum atomic E-state index is -0.623. The topological polar surface area (TPSA) is 134 Å². The van der Waals surface area contributed by atoms with Gasteiger partial charge >= 0.3 is 11.9 Å². The van der Waals surface area contributed by atoms with Crippen molar-refractivity contribution in [2.45, 2.75) is 155 Å². The zero-order chi connectivity index (χ0) is 36.5. The van der Waals surface area contributed by atoms with Crippen LogP contribution >= 0.6 is 11.6 Å². The first-order valence-corrected chi connectivity index (χ1v) is 18.8. The lowest BCUT2D eigenvalue weighted by molar-refractivity contribution is -0.150. The van der Waals surface area contributed by atoms with Gasteiger partial charge in [-0.15, -0.1) is 11.6 Å². The summed E-state index contributed by atoms with van der Waals surface area (Å²) in [5, 5.41) is 42.8. The SMILES string of the molecule is CCCC[C@@H](Cl)CCCC[C@H](C)[C@@H](OC(C)=O)c1cc(O)c([C@@H](CCCC)CCCC[C@H](C)[C@@H](OC(C)=O)c2cc(O)cc(O)c2)c(O)c1. The molecule has 0 fully saturated rings. The second-order valence-corrected chi connectivity index (χ2v) is 14.5. The van der Waals surface area contributed by atoms with Crippen LogP contribution in [-0.4, -0.2) is 37.7 Å². The van der Waals surface area contributed by atoms with Gasteiger partial charge in [0.15, 0.2) is 0 Å². The second kappa shape index (κ2) is 21.8. The number of ether oxygens (including phenoxy) is 2. The van der Waals surface area contributed by atoms with Crippen molar-refractivity contribution in [3.63, 3.8) is 0 Å². The first kappa shape index (κ1) is 42.0. The summed E-state index contributed by atoms with van der Waals surface area (Å²) < 4.78 is 11.3. The highest BCUT2D eigenvalue weighted by atomic mass is 35.5. The summed E-state index contributed by atoms with van der Waals surface area (Å²) in [6.45, 7) is 11.0. The minimum absolute atomic E-state index is 0.00773. The van der Waals surface area contributed by atoms with E-state index in [0.717, 1.165) is 89.9 Å². The van der Waals surface area contributed by atoms with E-state index in [4.69, 9.17) is 21.1 Å². The molecule has 0 bridgehead atoms. The summed E-state index contributed by atoms with van der Waals surface area (Å²) >= 11 is 6.47. The fraction of sp³-hybridized carbons (Fsp3) is 0.650. The van der Waals surface area contributed by atoms with E-state index in [1.165, 1.54) is 32.0 Å². The van der Waals surface area contributed by atoms with Crippen LogP contribution in [0.5, 0.6) is 23.0 Å². The number of halogens is 1. The second-order valence-electron chi connectivity index (χ2n) is 13.9. The Morgan fingerprint density at radius 1 is 0.612 bits per heavy atom. The molecule has 2 aromatic carbocycles. The van der Waals surface area contributed by atoms with Gasteiger partial charge in [0, 0.05) is 42.0 Å². The van der Waals surface area contributed by atoms with Gasteiger partial charge in [-0.25, -0.2) is 0 Å². The van der Waals surface area contributed by atoms with Crippen molar-refractivity contribution in [2.75, 3.05) is 0 Å². The summed E-state index contributed by atoms with van der Waals surface area (Å²) in [7, 11) is 0. The normalized spacial score (nSPS) is 15.2. The molecular weight excluding hydrogens is 644 g/mol. The van der Waals surface area contributed by atoms with E-state index in [0.29, 0.717) is 16.7 Å². The number of hydrogen-bond acceptors (Lipinski definition) is 8. The lowest BCUT2D eigenvalue weighted by Crippen LogP contribution is -2.17. The zero-order valence-corrected chi connectivity index (χ0v) is 31.3. The molecule has 2 aromatic rings. The third kappa shape index (κ3) is 14.7. The Balaban J connectivity index is 2.14. The van der Waals surface area contributed by atoms with Crippen molar-refractivity contribution in [3.8, 4) is 23.0 Å². The number of alkyl halides is 1. The molecular formula is C40H61ClO8. The van der Waals surface area contributed by atoms with Crippen LogP contribution in [0.25, 0.3) is 0 Å². The predicted octanol–water partition coefficient (Wildman–Crippen LogP) is 10.9. The van der Waals surface area contributed by atoms with Crippen molar-refractivity contribution in [2.24, 2.45) is 11.8 Å². The molecule has 0 unspecified atom stereocenters. The third-order valence-electron chi connectivity index (χ3n) is 9.43. The Morgan fingerprint density at radius 3 is 1.47 bits per heavy atom. The summed E-state index contributed by atoms with van der Waals surface area (Å²) in [6.07, 6.45) is 11.6. The van der Waals surface area contributed by atoms with Gasteiger partial charge in [0.05, 0.1) is 0 Å². The first-order valence-electron chi connectivity index (χ1n) is 18.3. The van der Waals surface area contributed by atoms with E-state index >= 15 is 0 Å². The Hall–Kier alpha value is -3.13. The quantitative estimate of drug-likeness (QED) is 0.0510. The summed E-state index contributed by atoms with van der Waals surface area (Å²) in [5.74, 6) is -1.22. The van der Waals surface area contributed by atoms with Gasteiger partial charge in [-0.3, -0.25) is 9.59 Å². The maximum atomic E-state index is 12.1. The molecule has 0 spiro atoms. The number of carbonyl (C=O) groups excluding carboxylic acids is 2. The molecule has 0 heterocycles. The average molecular weight is 705 g/mol.